The summed E-state index contributed by atoms with van der Waals surface area (Å²) in [6, 6.07) is 7.18. The average Bonchev–Trinajstić information content (AvgIpc) is 2.43. The first-order valence-corrected chi connectivity index (χ1v) is 7.92. The van der Waals surface area contributed by atoms with Crippen LogP contribution in [0.3, 0.4) is 0 Å². The molecule has 112 valence electrons. The number of hydrogen-bond donors (Lipinski definition) is 2. The van der Waals surface area contributed by atoms with Crippen LogP contribution in [-0.2, 0) is 27.1 Å². The molecule has 1 aromatic rings. The topological polar surface area (TPSA) is 92.5 Å². The van der Waals surface area contributed by atoms with Crippen LogP contribution in [-0.4, -0.2) is 39.3 Å². The van der Waals surface area contributed by atoms with Gasteiger partial charge in [-0.05, 0) is 11.1 Å². The molecule has 3 N–H and O–H groups in total. The normalized spacial score (nSPS) is 11.6. The van der Waals surface area contributed by atoms with Gasteiger partial charge in [0.25, 0.3) is 0 Å². The van der Waals surface area contributed by atoms with E-state index in [1.54, 1.807) is 18.2 Å². The molecule has 0 heterocycles. The Morgan fingerprint density at radius 3 is 2.60 bits per heavy atom. The Bertz CT molecular complexity index is 558. The van der Waals surface area contributed by atoms with Crippen LogP contribution in [0, 0.1) is 0 Å². The minimum Gasteiger partial charge on any atom is -0.359 e. The highest BCUT2D eigenvalue weighted by Crippen LogP contribution is 2.12. The number of carbonyl (C=O) groups excluding carboxylic acids is 1. The lowest BCUT2D eigenvalue weighted by atomic mass is 10.1. The number of carbonyl (C=O) groups is 1. The molecule has 0 aliphatic heterocycles. The predicted octanol–water partition coefficient (Wildman–Crippen LogP) is 0.0430. The molecule has 6 nitrogen and oxygen atoms in total. The van der Waals surface area contributed by atoms with Crippen molar-refractivity contribution in [1.82, 2.24) is 9.62 Å². The van der Waals surface area contributed by atoms with Gasteiger partial charge in [0, 0.05) is 33.6 Å². The third kappa shape index (κ3) is 4.92. The van der Waals surface area contributed by atoms with Gasteiger partial charge in [0.1, 0.15) is 0 Å². The first-order chi connectivity index (χ1) is 9.39. The molecule has 0 aromatic heterocycles. The van der Waals surface area contributed by atoms with Crippen molar-refractivity contribution in [3.8, 4) is 0 Å². The number of nitrogens with two attached hydrogens (primary N) is 1. The van der Waals surface area contributed by atoms with Crippen LogP contribution in [0.15, 0.2) is 24.3 Å². The van der Waals surface area contributed by atoms with Crippen LogP contribution in [0.2, 0.25) is 0 Å². The Balaban J connectivity index is 2.70. The van der Waals surface area contributed by atoms with Crippen molar-refractivity contribution < 1.29 is 13.2 Å². The molecule has 0 unspecified atom stereocenters. The predicted molar refractivity (Wildman–Crippen MR) is 78.3 cm³/mol. The van der Waals surface area contributed by atoms with Crippen molar-refractivity contribution in [2.75, 3.05) is 20.6 Å². The van der Waals surface area contributed by atoms with Crippen LogP contribution in [0.5, 0.6) is 0 Å². The maximum atomic E-state index is 12.2. The van der Waals surface area contributed by atoms with Crippen LogP contribution in [0.25, 0.3) is 0 Å². The maximum Gasteiger partial charge on any atom is 0.221 e. The van der Waals surface area contributed by atoms with Crippen molar-refractivity contribution in [3.05, 3.63) is 35.4 Å². The van der Waals surface area contributed by atoms with Crippen molar-refractivity contribution in [1.29, 1.82) is 0 Å². The van der Waals surface area contributed by atoms with E-state index in [0.29, 0.717) is 12.1 Å². The van der Waals surface area contributed by atoms with E-state index in [4.69, 9.17) is 5.73 Å². The van der Waals surface area contributed by atoms with E-state index in [0.717, 1.165) is 5.56 Å². The first-order valence-electron chi connectivity index (χ1n) is 6.31. The summed E-state index contributed by atoms with van der Waals surface area (Å²) in [4.78, 5) is 11.1. The molecule has 7 heteroatoms. The smallest absolute Gasteiger partial charge is 0.221 e. The van der Waals surface area contributed by atoms with Crippen molar-refractivity contribution in [2.24, 2.45) is 5.73 Å². The summed E-state index contributed by atoms with van der Waals surface area (Å²) in [5.74, 6) is -0.275. The lowest BCUT2D eigenvalue weighted by Gasteiger charge is -2.17. The number of sulfonamides is 1. The molecule has 1 aromatic carbocycles. The fourth-order valence-electron chi connectivity index (χ4n) is 1.69. The number of hydrogen-bond acceptors (Lipinski definition) is 4. The molecule has 0 saturated heterocycles. The SMILES string of the molecule is CNC(=O)CCN(C)S(=O)(=O)Cc1cccc(CN)c1. The first kappa shape index (κ1) is 16.6. The summed E-state index contributed by atoms with van der Waals surface area (Å²) in [6.07, 6.45) is 0.148. The molecule has 0 atom stereocenters. The number of nitrogens with zero attached hydrogens (tertiary/aromatic N) is 1. The van der Waals surface area contributed by atoms with Crippen LogP contribution >= 0.6 is 0 Å². The van der Waals surface area contributed by atoms with Gasteiger partial charge in [-0.15, -0.1) is 0 Å². The van der Waals surface area contributed by atoms with Gasteiger partial charge in [0.2, 0.25) is 15.9 Å². The zero-order valence-electron chi connectivity index (χ0n) is 11.8. The van der Waals surface area contributed by atoms with Gasteiger partial charge in [-0.25, -0.2) is 12.7 Å². The minimum atomic E-state index is -3.43. The fraction of sp³-hybridized carbons (Fsp3) is 0.462. The highest BCUT2D eigenvalue weighted by atomic mass is 32.2. The third-order valence-electron chi connectivity index (χ3n) is 2.98. The molecule has 1 rings (SSSR count). The van der Waals surface area contributed by atoms with Gasteiger partial charge in [-0.3, -0.25) is 4.79 Å². The summed E-state index contributed by atoms with van der Waals surface area (Å²) in [6.45, 7) is 0.541. The molecule has 0 aliphatic carbocycles. The van der Waals surface area contributed by atoms with Crippen LogP contribution < -0.4 is 11.1 Å². The molecule has 0 spiro atoms. The Morgan fingerprint density at radius 1 is 1.35 bits per heavy atom. The van der Waals surface area contributed by atoms with Gasteiger partial charge >= 0.3 is 0 Å². The third-order valence-corrected chi connectivity index (χ3v) is 4.81. The molecular formula is C13H21N3O3S. The lowest BCUT2D eigenvalue weighted by molar-refractivity contribution is -0.120. The fourth-order valence-corrected chi connectivity index (χ4v) is 2.88. The van der Waals surface area contributed by atoms with E-state index in [-0.39, 0.29) is 24.6 Å². The van der Waals surface area contributed by atoms with Gasteiger partial charge in [-0.2, -0.15) is 0 Å². The second-order valence-corrected chi connectivity index (χ2v) is 6.60. The van der Waals surface area contributed by atoms with E-state index in [1.807, 2.05) is 6.07 Å². The zero-order chi connectivity index (χ0) is 15.2. The molecule has 0 aliphatic rings. The number of nitrogens with one attached hydrogen (secondary N) is 1. The Kier molecular flexibility index (Phi) is 6.12. The van der Waals surface area contributed by atoms with Gasteiger partial charge in [0.05, 0.1) is 5.75 Å². The Hall–Kier alpha value is -1.44. The monoisotopic (exact) mass is 299 g/mol. The highest BCUT2D eigenvalue weighted by Gasteiger charge is 2.19. The van der Waals surface area contributed by atoms with Crippen molar-refractivity contribution in [3.63, 3.8) is 0 Å². The highest BCUT2D eigenvalue weighted by molar-refractivity contribution is 7.88. The summed E-state index contributed by atoms with van der Waals surface area (Å²) >= 11 is 0. The van der Waals surface area contributed by atoms with Crippen molar-refractivity contribution in [2.45, 2.75) is 18.7 Å². The Labute approximate surface area is 120 Å². The zero-order valence-corrected chi connectivity index (χ0v) is 12.6. The average molecular weight is 299 g/mol. The molecule has 0 saturated carbocycles. The van der Waals surface area contributed by atoms with E-state index < -0.39 is 10.0 Å². The summed E-state index contributed by atoms with van der Waals surface area (Å²) < 4.78 is 25.5. The summed E-state index contributed by atoms with van der Waals surface area (Å²) in [5.41, 5.74) is 7.12. The van der Waals surface area contributed by atoms with Gasteiger partial charge in [-0.1, -0.05) is 24.3 Å². The minimum absolute atomic E-state index is 0.0922. The molecule has 0 fully saturated rings. The number of benzene rings is 1. The second-order valence-electron chi connectivity index (χ2n) is 4.53. The van der Waals surface area contributed by atoms with Gasteiger partial charge in [0.15, 0.2) is 0 Å². The largest absolute Gasteiger partial charge is 0.359 e. The molecular weight excluding hydrogens is 278 g/mol. The molecule has 0 bridgehead atoms. The summed E-state index contributed by atoms with van der Waals surface area (Å²) in [5, 5.41) is 2.46. The van der Waals surface area contributed by atoms with Crippen molar-refractivity contribution >= 4 is 15.9 Å². The molecule has 0 radical (unpaired) electrons. The molecule has 1 amide bonds. The second kappa shape index (κ2) is 7.37. The van der Waals surface area contributed by atoms with Gasteiger partial charge < -0.3 is 11.1 Å². The number of rotatable bonds is 7. The summed E-state index contributed by atoms with van der Waals surface area (Å²) in [7, 11) is -0.429. The lowest BCUT2D eigenvalue weighted by Crippen LogP contribution is -2.32. The Morgan fingerprint density at radius 2 is 2.00 bits per heavy atom. The molecule has 20 heavy (non-hydrogen) atoms. The van der Waals surface area contributed by atoms with Crippen LogP contribution in [0.4, 0.5) is 0 Å². The van der Waals surface area contributed by atoms with E-state index in [2.05, 4.69) is 5.32 Å². The van der Waals surface area contributed by atoms with E-state index in [1.165, 1.54) is 18.4 Å². The van der Waals surface area contributed by atoms with E-state index in [9.17, 15) is 13.2 Å². The number of amides is 1. The quantitative estimate of drug-likeness (QED) is 0.743. The standard InChI is InChI=1S/C13H21N3O3S/c1-15-13(17)6-7-16(2)20(18,19)10-12-5-3-4-11(8-12)9-14/h3-5,8H,6-7,9-10,14H2,1-2H3,(H,15,17). The maximum absolute atomic E-state index is 12.2. The van der Waals surface area contributed by atoms with Crippen LogP contribution in [0.1, 0.15) is 17.5 Å². The van der Waals surface area contributed by atoms with E-state index >= 15 is 0 Å².